The highest BCUT2D eigenvalue weighted by Gasteiger charge is 2.21. The number of ether oxygens (including phenoxy) is 2. The lowest BCUT2D eigenvalue weighted by Gasteiger charge is -2.28. The minimum atomic E-state index is -0.273. The molecule has 1 aromatic heterocycles. The lowest BCUT2D eigenvalue weighted by atomic mass is 10.0. The molecule has 1 aliphatic rings. The number of methoxy groups -OCH3 is 1. The van der Waals surface area contributed by atoms with Crippen LogP contribution in [0, 0.1) is 0 Å². The highest BCUT2D eigenvalue weighted by Crippen LogP contribution is 2.21. The maximum absolute atomic E-state index is 11.5. The van der Waals surface area contributed by atoms with Gasteiger partial charge in [0.15, 0.2) is 5.82 Å². The summed E-state index contributed by atoms with van der Waals surface area (Å²) in [4.78, 5) is 18.1. The van der Waals surface area contributed by atoms with E-state index in [-0.39, 0.29) is 23.5 Å². The Morgan fingerprint density at radius 2 is 2.47 bits per heavy atom. The molecule has 2 rings (SSSR count). The highest BCUT2D eigenvalue weighted by molar-refractivity contribution is 5.48. The van der Waals surface area contributed by atoms with Crippen molar-refractivity contribution in [2.45, 2.75) is 31.9 Å². The Labute approximate surface area is 99.4 Å². The zero-order valence-corrected chi connectivity index (χ0v) is 10.0. The van der Waals surface area contributed by atoms with Crippen molar-refractivity contribution in [3.63, 3.8) is 0 Å². The molecule has 0 amide bonds. The van der Waals surface area contributed by atoms with E-state index in [1.54, 1.807) is 0 Å². The normalized spacial score (nSPS) is 24.4. The predicted octanol–water partition coefficient (Wildman–Crippen LogP) is 0.758. The Kier molecular flexibility index (Phi) is 3.63. The second-order valence-electron chi connectivity index (χ2n) is 4.16. The minimum absolute atomic E-state index is 0.228. The third-order valence-corrected chi connectivity index (χ3v) is 2.84. The van der Waals surface area contributed by atoms with Crippen molar-refractivity contribution < 1.29 is 9.47 Å². The van der Waals surface area contributed by atoms with E-state index in [1.807, 2.05) is 6.92 Å². The van der Waals surface area contributed by atoms with Crippen molar-refractivity contribution in [2.24, 2.45) is 0 Å². The third kappa shape index (κ3) is 2.76. The Bertz CT molecular complexity index is 432. The van der Waals surface area contributed by atoms with Gasteiger partial charge in [-0.05, 0) is 19.8 Å². The van der Waals surface area contributed by atoms with Crippen LogP contribution in [0.25, 0.3) is 0 Å². The van der Waals surface area contributed by atoms with Crippen LogP contribution in [0.5, 0.6) is 5.75 Å². The molecule has 0 bridgehead atoms. The summed E-state index contributed by atoms with van der Waals surface area (Å²) < 4.78 is 10.5. The number of H-pyrrole nitrogens is 1. The number of aromatic nitrogens is 2. The largest absolute Gasteiger partial charge is 0.489 e. The summed E-state index contributed by atoms with van der Waals surface area (Å²) >= 11 is 0. The number of nitrogens with one attached hydrogen (secondary N) is 2. The van der Waals surface area contributed by atoms with Crippen LogP contribution in [-0.2, 0) is 4.74 Å². The smallest absolute Gasteiger partial charge is 0.295 e. The number of nitrogens with zero attached hydrogens (tertiary/aromatic N) is 1. The van der Waals surface area contributed by atoms with Crippen LogP contribution in [0.1, 0.15) is 19.8 Å². The van der Waals surface area contributed by atoms with Gasteiger partial charge in [-0.25, -0.2) is 4.98 Å². The van der Waals surface area contributed by atoms with Gasteiger partial charge in [0, 0.05) is 12.6 Å². The number of hydrogen-bond acceptors (Lipinski definition) is 5. The quantitative estimate of drug-likeness (QED) is 0.814. The summed E-state index contributed by atoms with van der Waals surface area (Å²) in [5, 5.41) is 3.24. The molecule has 17 heavy (non-hydrogen) atoms. The average molecular weight is 239 g/mol. The molecule has 0 aliphatic carbocycles. The summed E-state index contributed by atoms with van der Waals surface area (Å²) in [6, 6.07) is 0.266. The first-order valence-corrected chi connectivity index (χ1v) is 5.70. The highest BCUT2D eigenvalue weighted by atomic mass is 16.5. The van der Waals surface area contributed by atoms with Gasteiger partial charge < -0.3 is 19.8 Å². The molecule has 1 aromatic rings. The lowest BCUT2D eigenvalue weighted by Crippen LogP contribution is -2.33. The van der Waals surface area contributed by atoms with E-state index in [1.165, 1.54) is 13.4 Å². The number of anilines is 1. The first-order chi connectivity index (χ1) is 8.20. The Morgan fingerprint density at radius 1 is 1.65 bits per heavy atom. The fourth-order valence-electron chi connectivity index (χ4n) is 2.00. The van der Waals surface area contributed by atoms with E-state index in [9.17, 15) is 4.79 Å². The van der Waals surface area contributed by atoms with Gasteiger partial charge in [-0.15, -0.1) is 0 Å². The van der Waals surface area contributed by atoms with E-state index in [0.29, 0.717) is 5.82 Å². The van der Waals surface area contributed by atoms with Crippen LogP contribution in [0.4, 0.5) is 5.82 Å². The molecular weight excluding hydrogens is 222 g/mol. The summed E-state index contributed by atoms with van der Waals surface area (Å²) in [5.74, 6) is 0.724. The first-order valence-electron chi connectivity index (χ1n) is 5.70. The van der Waals surface area contributed by atoms with Crippen LogP contribution in [0.2, 0.25) is 0 Å². The molecule has 0 spiro atoms. The molecule has 1 aliphatic heterocycles. The van der Waals surface area contributed by atoms with Crippen molar-refractivity contribution in [2.75, 3.05) is 19.0 Å². The van der Waals surface area contributed by atoms with E-state index in [4.69, 9.17) is 9.47 Å². The van der Waals surface area contributed by atoms with Crippen LogP contribution in [-0.4, -0.2) is 35.8 Å². The van der Waals surface area contributed by atoms with E-state index in [2.05, 4.69) is 15.3 Å². The second kappa shape index (κ2) is 5.18. The molecule has 2 unspecified atom stereocenters. The van der Waals surface area contributed by atoms with Gasteiger partial charge in [-0.2, -0.15) is 0 Å². The maximum atomic E-state index is 11.5. The van der Waals surface area contributed by atoms with Crippen LogP contribution >= 0.6 is 0 Å². The fraction of sp³-hybridized carbons (Fsp3) is 0.636. The average Bonchev–Trinajstić information content (AvgIpc) is 2.29. The Morgan fingerprint density at radius 3 is 3.18 bits per heavy atom. The third-order valence-electron chi connectivity index (χ3n) is 2.84. The van der Waals surface area contributed by atoms with Gasteiger partial charge in [0.2, 0.25) is 5.75 Å². The standard InChI is InChI=1S/C11H17N3O3/c1-7-5-8(3-4-17-7)14-10-9(16-2)11(15)13-6-12-10/h6-8H,3-5H2,1-2H3,(H2,12,13,14,15). The number of hydrogen-bond donors (Lipinski definition) is 2. The van der Waals surface area contributed by atoms with Crippen molar-refractivity contribution in [1.82, 2.24) is 9.97 Å². The maximum Gasteiger partial charge on any atom is 0.295 e. The molecule has 1 saturated heterocycles. The van der Waals surface area contributed by atoms with E-state index in [0.717, 1.165) is 19.4 Å². The minimum Gasteiger partial charge on any atom is -0.489 e. The Balaban J connectivity index is 2.12. The summed E-state index contributed by atoms with van der Waals surface area (Å²) in [7, 11) is 1.46. The molecule has 2 heterocycles. The van der Waals surface area contributed by atoms with Crippen molar-refractivity contribution >= 4 is 5.82 Å². The summed E-state index contributed by atoms with van der Waals surface area (Å²) in [6.45, 7) is 2.76. The zero-order valence-electron chi connectivity index (χ0n) is 10.0. The monoisotopic (exact) mass is 239 g/mol. The molecule has 0 aromatic carbocycles. The molecule has 2 atom stereocenters. The van der Waals surface area contributed by atoms with Gasteiger partial charge in [0.25, 0.3) is 5.56 Å². The van der Waals surface area contributed by atoms with Gasteiger partial charge >= 0.3 is 0 Å². The van der Waals surface area contributed by atoms with Crippen molar-refractivity contribution in [3.05, 3.63) is 16.7 Å². The van der Waals surface area contributed by atoms with Gasteiger partial charge in [0.1, 0.15) is 0 Å². The van der Waals surface area contributed by atoms with Crippen molar-refractivity contribution in [3.8, 4) is 5.75 Å². The molecule has 6 nitrogen and oxygen atoms in total. The van der Waals surface area contributed by atoms with Crippen molar-refractivity contribution in [1.29, 1.82) is 0 Å². The SMILES string of the molecule is COc1c(NC2CCOC(C)C2)nc[nH]c1=O. The van der Waals surface area contributed by atoms with Crippen LogP contribution < -0.4 is 15.6 Å². The molecule has 1 fully saturated rings. The molecule has 0 radical (unpaired) electrons. The van der Waals surface area contributed by atoms with E-state index < -0.39 is 0 Å². The van der Waals surface area contributed by atoms with E-state index >= 15 is 0 Å². The molecule has 94 valence electrons. The number of rotatable bonds is 3. The molecule has 0 saturated carbocycles. The summed E-state index contributed by atoms with van der Waals surface area (Å²) in [5.41, 5.74) is -0.273. The zero-order chi connectivity index (χ0) is 12.3. The van der Waals surface area contributed by atoms with Gasteiger partial charge in [-0.3, -0.25) is 4.79 Å². The molecule has 2 N–H and O–H groups in total. The van der Waals surface area contributed by atoms with Gasteiger partial charge in [-0.1, -0.05) is 0 Å². The van der Waals surface area contributed by atoms with Crippen LogP contribution in [0.3, 0.4) is 0 Å². The predicted molar refractivity (Wildman–Crippen MR) is 63.5 cm³/mol. The second-order valence-corrected chi connectivity index (χ2v) is 4.16. The fourth-order valence-corrected chi connectivity index (χ4v) is 2.00. The first kappa shape index (κ1) is 11.9. The number of aromatic amines is 1. The van der Waals surface area contributed by atoms with Gasteiger partial charge in [0.05, 0.1) is 19.5 Å². The molecular formula is C11H17N3O3. The topological polar surface area (TPSA) is 76.2 Å². The molecule has 6 heteroatoms. The summed E-state index contributed by atoms with van der Waals surface area (Å²) in [6.07, 6.45) is 3.41. The lowest BCUT2D eigenvalue weighted by molar-refractivity contribution is 0.0231. The Hall–Kier alpha value is -1.56. The van der Waals surface area contributed by atoms with Crippen LogP contribution in [0.15, 0.2) is 11.1 Å².